The molecule has 0 aliphatic carbocycles. The zero-order chi connectivity index (χ0) is 20.8. The molecule has 28 heavy (non-hydrogen) atoms. The lowest BCUT2D eigenvalue weighted by atomic mass is 10.1. The Kier molecular flexibility index (Phi) is 6.82. The van der Waals surface area contributed by atoms with Crippen LogP contribution < -0.4 is 5.32 Å². The number of rotatable bonds is 8. The smallest absolute Gasteiger partial charge is 0.348 e. The number of hydrogen-bond acceptors (Lipinski definition) is 9. The quantitative estimate of drug-likeness (QED) is 0.396. The second-order valence-electron chi connectivity index (χ2n) is 5.49. The van der Waals surface area contributed by atoms with E-state index in [1.54, 1.807) is 13.8 Å². The highest BCUT2D eigenvalue weighted by Gasteiger charge is 2.27. The Labute approximate surface area is 163 Å². The molecule has 0 atom stereocenters. The standard InChI is InChI=1S/C16H18N4O7S/c1-4-27-16(23)13-9(2)12(15(22)26-3)14(28-13)18-11(21)5-6-19-8-10(7-17-19)20(24)25/h7-8H,4-6H2,1-3H3,(H,18,21). The molecular weight excluding hydrogens is 392 g/mol. The van der Waals surface area contributed by atoms with Gasteiger partial charge in [-0.25, -0.2) is 9.59 Å². The number of amides is 1. The summed E-state index contributed by atoms with van der Waals surface area (Å²) in [4.78, 5) is 46.7. The summed E-state index contributed by atoms with van der Waals surface area (Å²) in [6.07, 6.45) is 2.24. The molecule has 0 saturated heterocycles. The molecule has 0 saturated carbocycles. The third-order valence-electron chi connectivity index (χ3n) is 3.65. The van der Waals surface area contributed by atoms with Crippen LogP contribution in [0.2, 0.25) is 0 Å². The van der Waals surface area contributed by atoms with Gasteiger partial charge in [-0.05, 0) is 19.4 Å². The highest BCUT2D eigenvalue weighted by Crippen LogP contribution is 2.34. The van der Waals surface area contributed by atoms with Gasteiger partial charge >= 0.3 is 17.6 Å². The molecule has 0 aliphatic heterocycles. The number of esters is 2. The molecule has 150 valence electrons. The number of hydrogen-bond donors (Lipinski definition) is 1. The first-order chi connectivity index (χ1) is 13.3. The lowest BCUT2D eigenvalue weighted by Gasteiger charge is -2.06. The summed E-state index contributed by atoms with van der Waals surface area (Å²) in [5, 5.41) is 17.2. The van der Waals surface area contributed by atoms with Gasteiger partial charge in [0.25, 0.3) is 0 Å². The van der Waals surface area contributed by atoms with Crippen LogP contribution in [0.3, 0.4) is 0 Å². The van der Waals surface area contributed by atoms with Gasteiger partial charge in [0.15, 0.2) is 0 Å². The molecule has 2 aromatic rings. The summed E-state index contributed by atoms with van der Waals surface area (Å²) >= 11 is 0.917. The van der Waals surface area contributed by atoms with E-state index in [2.05, 4.69) is 10.4 Å². The Morgan fingerprint density at radius 1 is 1.36 bits per heavy atom. The second-order valence-corrected chi connectivity index (χ2v) is 6.51. The first kappa shape index (κ1) is 21.0. The number of nitrogens with one attached hydrogen (secondary N) is 1. The van der Waals surface area contributed by atoms with Crippen LogP contribution in [0.4, 0.5) is 10.7 Å². The molecule has 0 unspecified atom stereocenters. The minimum Gasteiger partial charge on any atom is -0.465 e. The van der Waals surface area contributed by atoms with E-state index in [9.17, 15) is 24.5 Å². The van der Waals surface area contributed by atoms with Gasteiger partial charge in [-0.3, -0.25) is 19.6 Å². The van der Waals surface area contributed by atoms with Gasteiger partial charge in [0.1, 0.15) is 22.3 Å². The largest absolute Gasteiger partial charge is 0.465 e. The maximum Gasteiger partial charge on any atom is 0.348 e. The molecule has 2 aromatic heterocycles. The van der Waals surface area contributed by atoms with Crippen molar-refractivity contribution in [3.8, 4) is 0 Å². The molecule has 0 aliphatic rings. The van der Waals surface area contributed by atoms with Crippen molar-refractivity contribution in [3.05, 3.63) is 38.5 Å². The van der Waals surface area contributed by atoms with Crippen molar-refractivity contribution in [1.82, 2.24) is 9.78 Å². The number of ether oxygens (including phenoxy) is 2. The second kappa shape index (κ2) is 9.08. The summed E-state index contributed by atoms with van der Waals surface area (Å²) in [7, 11) is 1.19. The maximum absolute atomic E-state index is 12.3. The first-order valence-electron chi connectivity index (χ1n) is 8.14. The van der Waals surface area contributed by atoms with Gasteiger partial charge in [-0.15, -0.1) is 11.3 Å². The number of thiophene rings is 1. The van der Waals surface area contributed by atoms with Crippen molar-refractivity contribution in [2.24, 2.45) is 0 Å². The number of anilines is 1. The minimum atomic E-state index is -0.692. The molecular formula is C16H18N4O7S. The fourth-order valence-electron chi connectivity index (χ4n) is 2.32. The summed E-state index contributed by atoms with van der Waals surface area (Å²) in [6.45, 7) is 3.49. The number of nitro groups is 1. The molecule has 12 heteroatoms. The average molecular weight is 410 g/mol. The highest BCUT2D eigenvalue weighted by atomic mass is 32.1. The summed E-state index contributed by atoms with van der Waals surface area (Å²) in [5.41, 5.74) is 0.258. The molecule has 2 rings (SSSR count). The van der Waals surface area contributed by atoms with E-state index in [0.29, 0.717) is 5.56 Å². The molecule has 0 radical (unpaired) electrons. The van der Waals surface area contributed by atoms with Gasteiger partial charge in [-0.1, -0.05) is 0 Å². The predicted octanol–water partition coefficient (Wildman–Crippen LogP) is 2.15. The summed E-state index contributed by atoms with van der Waals surface area (Å²) in [6, 6.07) is 0. The SMILES string of the molecule is CCOC(=O)c1sc(NC(=O)CCn2cc([N+](=O)[O-])cn2)c(C(=O)OC)c1C. The van der Waals surface area contributed by atoms with E-state index >= 15 is 0 Å². The number of carbonyl (C=O) groups excluding carboxylic acids is 3. The monoisotopic (exact) mass is 410 g/mol. The van der Waals surface area contributed by atoms with Crippen LogP contribution in [-0.4, -0.2) is 46.3 Å². The Morgan fingerprint density at radius 3 is 2.64 bits per heavy atom. The van der Waals surface area contributed by atoms with Gasteiger partial charge in [0.2, 0.25) is 5.91 Å². The van der Waals surface area contributed by atoms with E-state index in [0.717, 1.165) is 17.5 Å². The van der Waals surface area contributed by atoms with Crippen LogP contribution in [0.25, 0.3) is 0 Å². The van der Waals surface area contributed by atoms with Gasteiger partial charge in [0, 0.05) is 13.0 Å². The predicted molar refractivity (Wildman–Crippen MR) is 98.5 cm³/mol. The van der Waals surface area contributed by atoms with Gasteiger partial charge < -0.3 is 14.8 Å². The molecule has 0 aromatic carbocycles. The summed E-state index contributed by atoms with van der Waals surface area (Å²) in [5.74, 6) is -1.75. The third kappa shape index (κ3) is 4.71. The normalized spacial score (nSPS) is 10.4. The molecule has 0 bridgehead atoms. The lowest BCUT2D eigenvalue weighted by Crippen LogP contribution is -2.16. The zero-order valence-corrected chi connectivity index (χ0v) is 16.2. The van der Waals surface area contributed by atoms with Crippen LogP contribution in [0.5, 0.6) is 0 Å². The van der Waals surface area contributed by atoms with Crippen molar-refractivity contribution >= 4 is 39.9 Å². The van der Waals surface area contributed by atoms with E-state index in [1.807, 2.05) is 0 Å². The minimum absolute atomic E-state index is 0.0505. The van der Waals surface area contributed by atoms with Crippen molar-refractivity contribution in [2.45, 2.75) is 26.8 Å². The first-order valence-corrected chi connectivity index (χ1v) is 8.95. The third-order valence-corrected chi connectivity index (χ3v) is 4.84. The summed E-state index contributed by atoms with van der Waals surface area (Å²) < 4.78 is 11.0. The Bertz CT molecular complexity index is 918. The number of carbonyl (C=O) groups is 3. The van der Waals surface area contributed by atoms with Crippen LogP contribution in [0.15, 0.2) is 12.4 Å². The number of nitrogens with zero attached hydrogens (tertiary/aromatic N) is 3. The van der Waals surface area contributed by atoms with Gasteiger partial charge in [0.05, 0.1) is 24.2 Å². The van der Waals surface area contributed by atoms with Crippen LogP contribution in [0.1, 0.15) is 38.9 Å². The molecule has 0 spiro atoms. The molecule has 0 fully saturated rings. The van der Waals surface area contributed by atoms with Crippen molar-refractivity contribution in [3.63, 3.8) is 0 Å². The van der Waals surface area contributed by atoms with Crippen molar-refractivity contribution in [1.29, 1.82) is 0 Å². The Morgan fingerprint density at radius 2 is 2.07 bits per heavy atom. The van der Waals surface area contributed by atoms with Crippen molar-refractivity contribution < 1.29 is 28.8 Å². The Balaban J connectivity index is 2.15. The molecule has 1 amide bonds. The van der Waals surface area contributed by atoms with E-state index in [-0.39, 0.29) is 40.7 Å². The highest BCUT2D eigenvalue weighted by molar-refractivity contribution is 7.18. The van der Waals surface area contributed by atoms with E-state index < -0.39 is 22.8 Å². The maximum atomic E-state index is 12.3. The van der Waals surface area contributed by atoms with Crippen molar-refractivity contribution in [2.75, 3.05) is 19.0 Å². The lowest BCUT2D eigenvalue weighted by molar-refractivity contribution is -0.385. The van der Waals surface area contributed by atoms with E-state index in [1.165, 1.54) is 18.0 Å². The van der Waals surface area contributed by atoms with Gasteiger partial charge in [-0.2, -0.15) is 5.10 Å². The fourth-order valence-corrected chi connectivity index (χ4v) is 3.42. The zero-order valence-electron chi connectivity index (χ0n) is 15.4. The average Bonchev–Trinajstić information content (AvgIpc) is 3.24. The Hall–Kier alpha value is -3.28. The number of aryl methyl sites for hydroxylation is 1. The molecule has 2 heterocycles. The topological polar surface area (TPSA) is 143 Å². The fraction of sp³-hybridized carbons (Fsp3) is 0.375. The molecule has 1 N–H and O–H groups in total. The van der Waals surface area contributed by atoms with Crippen LogP contribution in [-0.2, 0) is 20.8 Å². The van der Waals surface area contributed by atoms with Crippen LogP contribution >= 0.6 is 11.3 Å². The van der Waals surface area contributed by atoms with E-state index in [4.69, 9.17) is 9.47 Å². The van der Waals surface area contributed by atoms with Crippen LogP contribution in [0, 0.1) is 17.0 Å². The number of aromatic nitrogens is 2. The number of methoxy groups -OCH3 is 1. The molecule has 11 nitrogen and oxygen atoms in total.